The van der Waals surface area contributed by atoms with Crippen LogP contribution in [0.25, 0.3) is 0 Å². The van der Waals surface area contributed by atoms with Gasteiger partial charge in [0.1, 0.15) is 18.0 Å². The largest absolute Gasteiger partial charge is 0.271 e. The van der Waals surface area contributed by atoms with Crippen LogP contribution in [0.15, 0.2) is 24.5 Å². The molecule has 1 unspecified atom stereocenters. The van der Waals surface area contributed by atoms with E-state index >= 15 is 0 Å². The molecule has 0 spiro atoms. The Morgan fingerprint density at radius 2 is 2.14 bits per heavy atom. The number of nitrogens with one attached hydrogen (secondary N) is 1. The van der Waals surface area contributed by atoms with Gasteiger partial charge in [0, 0.05) is 18.5 Å². The lowest BCUT2D eigenvalue weighted by Gasteiger charge is -2.18. The summed E-state index contributed by atoms with van der Waals surface area (Å²) in [5, 5.41) is 4.22. The Bertz CT molecular complexity index is 593. The summed E-state index contributed by atoms with van der Waals surface area (Å²) in [6.45, 7) is 6.94. The molecule has 2 rings (SSSR count). The molecule has 0 radical (unpaired) electrons. The number of rotatable bonds is 6. The van der Waals surface area contributed by atoms with Crippen LogP contribution in [0.3, 0.4) is 0 Å². The molecule has 1 atom stereocenters. The molecule has 1 aromatic heterocycles. The third-order valence-corrected chi connectivity index (χ3v) is 3.35. The highest BCUT2D eigenvalue weighted by Crippen LogP contribution is 2.21. The fourth-order valence-corrected chi connectivity index (χ4v) is 2.32. The summed E-state index contributed by atoms with van der Waals surface area (Å²) in [5.74, 6) is 6.61. The molecule has 2 aromatic rings. The zero-order chi connectivity index (χ0) is 15.4. The van der Waals surface area contributed by atoms with Gasteiger partial charge in [-0.3, -0.25) is 11.3 Å². The number of hydrazine groups is 1. The summed E-state index contributed by atoms with van der Waals surface area (Å²) in [5.41, 5.74) is 4.23. The van der Waals surface area contributed by atoms with Crippen LogP contribution in [0.5, 0.6) is 0 Å². The molecular formula is C15H22FN5. The Balaban J connectivity index is 2.23. The van der Waals surface area contributed by atoms with Gasteiger partial charge < -0.3 is 0 Å². The SMILES string of the molecule is Cc1ccc(F)c(C(Cc2ncnn2CC(C)C)NN)c1. The minimum atomic E-state index is -0.333. The maximum absolute atomic E-state index is 14.0. The van der Waals surface area contributed by atoms with E-state index in [4.69, 9.17) is 5.84 Å². The fourth-order valence-electron chi connectivity index (χ4n) is 2.32. The van der Waals surface area contributed by atoms with Crippen molar-refractivity contribution in [3.8, 4) is 0 Å². The second-order valence-corrected chi connectivity index (χ2v) is 5.70. The number of halogens is 1. The van der Waals surface area contributed by atoms with Crippen LogP contribution in [0.4, 0.5) is 4.39 Å². The van der Waals surface area contributed by atoms with Crippen molar-refractivity contribution in [2.24, 2.45) is 11.8 Å². The van der Waals surface area contributed by atoms with Crippen molar-refractivity contribution in [1.29, 1.82) is 0 Å². The van der Waals surface area contributed by atoms with Crippen molar-refractivity contribution < 1.29 is 4.39 Å². The molecule has 0 fully saturated rings. The molecular weight excluding hydrogens is 269 g/mol. The van der Waals surface area contributed by atoms with Crippen molar-refractivity contribution in [2.75, 3.05) is 0 Å². The first-order valence-corrected chi connectivity index (χ1v) is 7.10. The smallest absolute Gasteiger partial charge is 0.138 e. The minimum Gasteiger partial charge on any atom is -0.271 e. The second kappa shape index (κ2) is 6.78. The van der Waals surface area contributed by atoms with Crippen molar-refractivity contribution in [3.63, 3.8) is 0 Å². The molecule has 5 nitrogen and oxygen atoms in total. The molecule has 0 saturated heterocycles. The van der Waals surface area contributed by atoms with Gasteiger partial charge in [-0.2, -0.15) is 5.10 Å². The van der Waals surface area contributed by atoms with Crippen molar-refractivity contribution in [3.05, 3.63) is 47.3 Å². The zero-order valence-electron chi connectivity index (χ0n) is 12.7. The molecule has 0 aliphatic carbocycles. The molecule has 1 heterocycles. The number of aromatic nitrogens is 3. The average Bonchev–Trinajstić information content (AvgIpc) is 2.85. The van der Waals surface area contributed by atoms with Crippen LogP contribution >= 0.6 is 0 Å². The first-order chi connectivity index (χ1) is 10.0. The van der Waals surface area contributed by atoms with Gasteiger partial charge in [-0.05, 0) is 18.9 Å². The number of nitrogens with two attached hydrogens (primary N) is 1. The van der Waals surface area contributed by atoms with Crippen molar-refractivity contribution in [1.82, 2.24) is 20.2 Å². The highest BCUT2D eigenvalue weighted by atomic mass is 19.1. The highest BCUT2D eigenvalue weighted by Gasteiger charge is 2.18. The number of benzene rings is 1. The summed E-state index contributed by atoms with van der Waals surface area (Å²) in [7, 11) is 0. The number of aryl methyl sites for hydroxylation is 1. The maximum Gasteiger partial charge on any atom is 0.138 e. The first kappa shape index (κ1) is 15.6. The average molecular weight is 291 g/mol. The molecule has 1 aromatic carbocycles. The first-order valence-electron chi connectivity index (χ1n) is 7.10. The molecule has 6 heteroatoms. The monoisotopic (exact) mass is 291 g/mol. The zero-order valence-corrected chi connectivity index (χ0v) is 12.7. The third kappa shape index (κ3) is 3.86. The van der Waals surface area contributed by atoms with E-state index in [9.17, 15) is 4.39 Å². The molecule has 3 N–H and O–H groups in total. The molecule has 0 aliphatic rings. The summed E-state index contributed by atoms with van der Waals surface area (Å²) < 4.78 is 15.9. The molecule has 0 amide bonds. The Hall–Kier alpha value is -1.79. The molecule has 21 heavy (non-hydrogen) atoms. The van der Waals surface area contributed by atoms with Crippen molar-refractivity contribution in [2.45, 2.75) is 39.8 Å². The van der Waals surface area contributed by atoms with Gasteiger partial charge >= 0.3 is 0 Å². The normalized spacial score (nSPS) is 12.9. The highest BCUT2D eigenvalue weighted by molar-refractivity contribution is 5.27. The quantitative estimate of drug-likeness (QED) is 0.632. The van der Waals surface area contributed by atoms with E-state index in [-0.39, 0.29) is 11.9 Å². The Labute approximate surface area is 124 Å². The summed E-state index contributed by atoms with van der Waals surface area (Å²) in [6, 6.07) is 4.69. The lowest BCUT2D eigenvalue weighted by molar-refractivity contribution is 0.441. The van der Waals surface area contributed by atoms with E-state index in [1.165, 1.54) is 12.4 Å². The predicted octanol–water partition coefficient (Wildman–Crippen LogP) is 2.13. The fraction of sp³-hybridized carbons (Fsp3) is 0.467. The van der Waals surface area contributed by atoms with Gasteiger partial charge in [-0.15, -0.1) is 0 Å². The van der Waals surface area contributed by atoms with Gasteiger partial charge in [0.25, 0.3) is 0 Å². The molecule has 0 aliphatic heterocycles. The minimum absolute atomic E-state index is 0.265. The third-order valence-electron chi connectivity index (χ3n) is 3.35. The molecule has 0 bridgehead atoms. The van der Waals surface area contributed by atoms with Gasteiger partial charge in [0.05, 0.1) is 6.04 Å². The lowest BCUT2D eigenvalue weighted by atomic mass is 10.0. The maximum atomic E-state index is 14.0. The van der Waals surface area contributed by atoms with Gasteiger partial charge in [-0.1, -0.05) is 31.5 Å². The van der Waals surface area contributed by atoms with E-state index in [1.54, 1.807) is 6.07 Å². The molecule has 114 valence electrons. The van der Waals surface area contributed by atoms with Gasteiger partial charge in [-0.25, -0.2) is 14.1 Å². The standard InChI is InChI=1S/C15H22FN5/c1-10(2)8-21-15(18-9-19-21)7-14(20-17)12-6-11(3)4-5-13(12)16/h4-6,9-10,14,20H,7-8,17H2,1-3H3. The van der Waals surface area contributed by atoms with E-state index in [2.05, 4.69) is 29.4 Å². The van der Waals surface area contributed by atoms with Crippen LogP contribution in [0.2, 0.25) is 0 Å². The summed E-state index contributed by atoms with van der Waals surface area (Å²) >= 11 is 0. The topological polar surface area (TPSA) is 68.8 Å². The number of hydrogen-bond acceptors (Lipinski definition) is 4. The van der Waals surface area contributed by atoms with E-state index in [0.29, 0.717) is 17.9 Å². The second-order valence-electron chi connectivity index (χ2n) is 5.70. The van der Waals surface area contributed by atoms with Gasteiger partial charge in [0.2, 0.25) is 0 Å². The van der Waals surface area contributed by atoms with Crippen LogP contribution < -0.4 is 11.3 Å². The number of hydrogen-bond donors (Lipinski definition) is 2. The van der Waals surface area contributed by atoms with Crippen LogP contribution in [0, 0.1) is 18.7 Å². The van der Waals surface area contributed by atoms with Crippen LogP contribution in [-0.4, -0.2) is 14.8 Å². The Morgan fingerprint density at radius 1 is 1.38 bits per heavy atom. The van der Waals surface area contributed by atoms with E-state index in [1.807, 2.05) is 17.7 Å². The van der Waals surface area contributed by atoms with E-state index in [0.717, 1.165) is 17.9 Å². The summed E-state index contributed by atoms with van der Waals surface area (Å²) in [4.78, 5) is 4.27. The Morgan fingerprint density at radius 3 is 2.81 bits per heavy atom. The predicted molar refractivity (Wildman–Crippen MR) is 79.8 cm³/mol. The summed E-state index contributed by atoms with van der Waals surface area (Å²) in [6.07, 6.45) is 2.02. The lowest BCUT2D eigenvalue weighted by Crippen LogP contribution is -2.31. The Kier molecular flexibility index (Phi) is 5.03. The van der Waals surface area contributed by atoms with Crippen LogP contribution in [-0.2, 0) is 13.0 Å². The molecule has 0 saturated carbocycles. The van der Waals surface area contributed by atoms with Crippen LogP contribution in [0.1, 0.15) is 36.8 Å². The van der Waals surface area contributed by atoms with Gasteiger partial charge in [0.15, 0.2) is 0 Å². The van der Waals surface area contributed by atoms with E-state index < -0.39 is 0 Å². The number of nitrogens with zero attached hydrogens (tertiary/aromatic N) is 3. The van der Waals surface area contributed by atoms with Crippen molar-refractivity contribution >= 4 is 0 Å².